The van der Waals surface area contributed by atoms with Crippen molar-refractivity contribution in [2.24, 2.45) is 0 Å². The van der Waals surface area contributed by atoms with Crippen molar-refractivity contribution in [1.29, 1.82) is 0 Å². The number of aliphatic hydroxyl groups is 1. The van der Waals surface area contributed by atoms with Crippen molar-refractivity contribution >= 4 is 11.0 Å². The summed E-state index contributed by atoms with van der Waals surface area (Å²) >= 11 is 0. The molecule has 0 atom stereocenters. The zero-order valence-electron chi connectivity index (χ0n) is 11.5. The molecule has 0 aromatic carbocycles. The summed E-state index contributed by atoms with van der Waals surface area (Å²) < 4.78 is 4.23. The van der Waals surface area contributed by atoms with E-state index in [0.29, 0.717) is 6.54 Å². The first-order chi connectivity index (χ1) is 9.83. The Labute approximate surface area is 117 Å². The molecule has 0 radical (unpaired) electrons. The summed E-state index contributed by atoms with van der Waals surface area (Å²) in [4.78, 5) is 8.65. The first kappa shape index (κ1) is 12.9. The quantitative estimate of drug-likeness (QED) is 0.773. The van der Waals surface area contributed by atoms with Gasteiger partial charge in [0.05, 0.1) is 25.2 Å². The molecule has 0 bridgehead atoms. The first-order valence-electron chi connectivity index (χ1n) is 6.86. The van der Waals surface area contributed by atoms with Crippen LogP contribution in [0.2, 0.25) is 0 Å². The molecule has 5 nitrogen and oxygen atoms in total. The van der Waals surface area contributed by atoms with Gasteiger partial charge in [-0.05, 0) is 18.6 Å². The summed E-state index contributed by atoms with van der Waals surface area (Å²) in [7, 11) is 0. The number of imidazole rings is 1. The van der Waals surface area contributed by atoms with Crippen LogP contribution in [-0.4, -0.2) is 24.2 Å². The Hall–Kier alpha value is -2.14. The molecule has 3 aromatic rings. The lowest BCUT2D eigenvalue weighted by Crippen LogP contribution is -2.06. The van der Waals surface area contributed by atoms with Crippen molar-refractivity contribution in [3.05, 3.63) is 48.3 Å². The molecule has 3 rings (SSSR count). The third-order valence-electron chi connectivity index (χ3n) is 3.48. The average Bonchev–Trinajstić information content (AvgIpc) is 3.05. The van der Waals surface area contributed by atoms with Crippen molar-refractivity contribution in [2.45, 2.75) is 33.0 Å². The van der Waals surface area contributed by atoms with Crippen LogP contribution in [-0.2, 0) is 19.7 Å². The SMILES string of the molecule is CCCn1cncc1Cn1cc(CO)c2cccnc21. The maximum absolute atomic E-state index is 9.46. The molecule has 0 saturated carbocycles. The molecule has 0 unspecified atom stereocenters. The van der Waals surface area contributed by atoms with E-state index in [4.69, 9.17) is 0 Å². The molecule has 0 saturated heterocycles. The number of aliphatic hydroxyl groups excluding tert-OH is 1. The van der Waals surface area contributed by atoms with Crippen LogP contribution in [0.15, 0.2) is 37.1 Å². The lowest BCUT2D eigenvalue weighted by molar-refractivity contribution is 0.283. The van der Waals surface area contributed by atoms with Gasteiger partial charge in [0.2, 0.25) is 0 Å². The zero-order valence-corrected chi connectivity index (χ0v) is 11.5. The molecule has 0 aliphatic heterocycles. The molecule has 104 valence electrons. The molecular formula is C15H18N4O. The molecule has 3 heterocycles. The Bertz CT molecular complexity index is 714. The minimum atomic E-state index is 0.0312. The fraction of sp³-hybridized carbons (Fsp3) is 0.333. The first-order valence-corrected chi connectivity index (χ1v) is 6.86. The van der Waals surface area contributed by atoms with Gasteiger partial charge in [0.25, 0.3) is 0 Å². The Morgan fingerprint density at radius 1 is 1.30 bits per heavy atom. The fourth-order valence-corrected chi connectivity index (χ4v) is 2.54. The molecular weight excluding hydrogens is 252 g/mol. The van der Waals surface area contributed by atoms with Gasteiger partial charge in [-0.2, -0.15) is 0 Å². The molecule has 0 spiro atoms. The van der Waals surface area contributed by atoms with E-state index < -0.39 is 0 Å². The molecule has 5 heteroatoms. The van der Waals surface area contributed by atoms with Crippen molar-refractivity contribution < 1.29 is 5.11 Å². The van der Waals surface area contributed by atoms with Gasteiger partial charge in [-0.3, -0.25) is 0 Å². The third-order valence-corrected chi connectivity index (χ3v) is 3.48. The van der Waals surface area contributed by atoms with E-state index in [2.05, 4.69) is 26.0 Å². The number of hydrogen-bond donors (Lipinski definition) is 1. The van der Waals surface area contributed by atoms with Gasteiger partial charge in [-0.1, -0.05) is 6.92 Å². The number of fused-ring (bicyclic) bond motifs is 1. The van der Waals surface area contributed by atoms with Crippen molar-refractivity contribution in [2.75, 3.05) is 0 Å². The fourth-order valence-electron chi connectivity index (χ4n) is 2.54. The molecule has 20 heavy (non-hydrogen) atoms. The Kier molecular flexibility index (Phi) is 3.52. The van der Waals surface area contributed by atoms with Crippen LogP contribution in [0.4, 0.5) is 0 Å². The van der Waals surface area contributed by atoms with Gasteiger partial charge in [-0.15, -0.1) is 0 Å². The second-order valence-electron chi connectivity index (χ2n) is 4.89. The average molecular weight is 270 g/mol. The topological polar surface area (TPSA) is 55.9 Å². The van der Waals surface area contributed by atoms with Crippen molar-refractivity contribution in [1.82, 2.24) is 19.1 Å². The summed E-state index contributed by atoms with van der Waals surface area (Å²) in [5.74, 6) is 0. The Morgan fingerprint density at radius 2 is 2.20 bits per heavy atom. The number of nitrogens with zero attached hydrogens (tertiary/aromatic N) is 4. The van der Waals surface area contributed by atoms with Gasteiger partial charge in [-0.25, -0.2) is 9.97 Å². The smallest absolute Gasteiger partial charge is 0.140 e. The Balaban J connectivity index is 2.00. The number of pyridine rings is 1. The minimum absolute atomic E-state index is 0.0312. The van der Waals surface area contributed by atoms with Gasteiger partial charge >= 0.3 is 0 Å². The van der Waals surface area contributed by atoms with E-state index in [1.807, 2.05) is 30.9 Å². The van der Waals surface area contributed by atoms with E-state index in [1.54, 1.807) is 6.20 Å². The van der Waals surface area contributed by atoms with Gasteiger partial charge in [0.15, 0.2) is 0 Å². The number of hydrogen-bond acceptors (Lipinski definition) is 3. The maximum Gasteiger partial charge on any atom is 0.140 e. The van der Waals surface area contributed by atoms with E-state index >= 15 is 0 Å². The van der Waals surface area contributed by atoms with Crippen molar-refractivity contribution in [3.63, 3.8) is 0 Å². The molecule has 1 N–H and O–H groups in total. The van der Waals surface area contributed by atoms with E-state index in [0.717, 1.165) is 35.3 Å². The summed E-state index contributed by atoms with van der Waals surface area (Å²) in [6.45, 7) is 3.87. The summed E-state index contributed by atoms with van der Waals surface area (Å²) in [5.41, 5.74) is 2.97. The highest BCUT2D eigenvalue weighted by atomic mass is 16.3. The highest BCUT2D eigenvalue weighted by Gasteiger charge is 2.10. The highest BCUT2D eigenvalue weighted by Crippen LogP contribution is 2.20. The van der Waals surface area contributed by atoms with Gasteiger partial charge < -0.3 is 14.2 Å². The van der Waals surface area contributed by atoms with Crippen LogP contribution in [0, 0.1) is 0 Å². The van der Waals surface area contributed by atoms with Crippen LogP contribution < -0.4 is 0 Å². The number of aryl methyl sites for hydroxylation is 1. The molecule has 0 amide bonds. The molecule has 0 fully saturated rings. The zero-order chi connectivity index (χ0) is 13.9. The van der Waals surface area contributed by atoms with E-state index in [1.165, 1.54) is 0 Å². The molecule has 0 aliphatic rings. The monoisotopic (exact) mass is 270 g/mol. The lowest BCUT2D eigenvalue weighted by atomic mass is 10.2. The number of aromatic nitrogens is 4. The summed E-state index contributed by atoms with van der Waals surface area (Å²) in [5, 5.41) is 10.5. The minimum Gasteiger partial charge on any atom is -0.392 e. The lowest BCUT2D eigenvalue weighted by Gasteiger charge is -2.08. The van der Waals surface area contributed by atoms with E-state index in [9.17, 15) is 5.11 Å². The summed E-state index contributed by atoms with van der Waals surface area (Å²) in [6, 6.07) is 3.89. The van der Waals surface area contributed by atoms with Crippen LogP contribution in [0.1, 0.15) is 24.6 Å². The second kappa shape index (κ2) is 5.46. The van der Waals surface area contributed by atoms with Crippen LogP contribution in [0.5, 0.6) is 0 Å². The Morgan fingerprint density at radius 3 is 3.00 bits per heavy atom. The third kappa shape index (κ3) is 2.20. The highest BCUT2D eigenvalue weighted by molar-refractivity contribution is 5.80. The maximum atomic E-state index is 9.46. The molecule has 3 aromatic heterocycles. The normalized spacial score (nSPS) is 11.3. The standard InChI is InChI=1S/C15H18N4O/c1-2-6-18-11-16-7-13(18)9-19-8-12(10-20)14-4-3-5-17-15(14)19/h3-5,7-8,11,20H,2,6,9-10H2,1H3. The van der Waals surface area contributed by atoms with Crippen LogP contribution >= 0.6 is 0 Å². The molecule has 0 aliphatic carbocycles. The predicted octanol–water partition coefficient (Wildman–Crippen LogP) is 2.18. The van der Waals surface area contributed by atoms with Gasteiger partial charge in [0, 0.05) is 36.1 Å². The van der Waals surface area contributed by atoms with Gasteiger partial charge in [0.1, 0.15) is 5.65 Å². The van der Waals surface area contributed by atoms with Crippen molar-refractivity contribution in [3.8, 4) is 0 Å². The summed E-state index contributed by atoms with van der Waals surface area (Å²) in [6.07, 6.45) is 8.59. The predicted molar refractivity (Wildman–Crippen MR) is 77.3 cm³/mol. The number of rotatable bonds is 5. The van der Waals surface area contributed by atoms with E-state index in [-0.39, 0.29) is 6.61 Å². The largest absolute Gasteiger partial charge is 0.392 e. The van der Waals surface area contributed by atoms with Crippen LogP contribution in [0.25, 0.3) is 11.0 Å². The van der Waals surface area contributed by atoms with Crippen LogP contribution in [0.3, 0.4) is 0 Å². The second-order valence-corrected chi connectivity index (χ2v) is 4.89.